The minimum absolute atomic E-state index is 0.0873. The molecule has 0 aromatic carbocycles. The largest absolute Gasteiger partial charge is 0.396 e. The molecule has 0 saturated heterocycles. The SMILES string of the molecule is OCCc1ncncn1. The van der Waals surface area contributed by atoms with Gasteiger partial charge >= 0.3 is 0 Å². The van der Waals surface area contributed by atoms with Crippen LogP contribution in [0.4, 0.5) is 0 Å². The Kier molecular flexibility index (Phi) is 2.09. The van der Waals surface area contributed by atoms with Gasteiger partial charge in [-0.15, -0.1) is 0 Å². The van der Waals surface area contributed by atoms with Gasteiger partial charge in [0.25, 0.3) is 0 Å². The lowest BCUT2D eigenvalue weighted by molar-refractivity contribution is 0.296. The van der Waals surface area contributed by atoms with E-state index < -0.39 is 0 Å². The Bertz CT molecular complexity index is 165. The van der Waals surface area contributed by atoms with Crippen LogP contribution in [0.2, 0.25) is 0 Å². The molecule has 1 aromatic rings. The summed E-state index contributed by atoms with van der Waals surface area (Å²) in [7, 11) is 0. The third-order valence-electron chi connectivity index (χ3n) is 0.882. The van der Waals surface area contributed by atoms with Gasteiger partial charge < -0.3 is 5.11 Å². The molecule has 0 saturated carbocycles. The minimum atomic E-state index is 0.0873. The quantitative estimate of drug-likeness (QED) is 0.573. The van der Waals surface area contributed by atoms with Gasteiger partial charge in [-0.3, -0.25) is 0 Å². The molecule has 0 bridgehead atoms. The average molecular weight is 125 g/mol. The molecule has 0 aliphatic heterocycles. The van der Waals surface area contributed by atoms with Gasteiger partial charge in [-0.05, 0) is 0 Å². The number of rotatable bonds is 2. The van der Waals surface area contributed by atoms with Crippen molar-refractivity contribution in [2.45, 2.75) is 6.42 Å². The summed E-state index contributed by atoms with van der Waals surface area (Å²) >= 11 is 0. The fraction of sp³-hybridized carbons (Fsp3) is 0.400. The molecule has 0 fully saturated rings. The summed E-state index contributed by atoms with van der Waals surface area (Å²) in [5.41, 5.74) is 0. The van der Waals surface area contributed by atoms with Crippen LogP contribution in [0.1, 0.15) is 5.82 Å². The van der Waals surface area contributed by atoms with Crippen LogP contribution >= 0.6 is 0 Å². The summed E-state index contributed by atoms with van der Waals surface area (Å²) in [6.07, 6.45) is 3.33. The second-order valence-corrected chi connectivity index (χ2v) is 1.53. The second-order valence-electron chi connectivity index (χ2n) is 1.53. The monoisotopic (exact) mass is 125 g/mol. The van der Waals surface area contributed by atoms with Crippen molar-refractivity contribution in [1.29, 1.82) is 0 Å². The maximum atomic E-state index is 8.42. The summed E-state index contributed by atoms with van der Waals surface area (Å²) < 4.78 is 0. The molecule has 0 amide bonds. The smallest absolute Gasteiger partial charge is 0.134 e. The van der Waals surface area contributed by atoms with Crippen LogP contribution < -0.4 is 0 Å². The third-order valence-corrected chi connectivity index (χ3v) is 0.882. The fourth-order valence-corrected chi connectivity index (χ4v) is 0.492. The first-order valence-corrected chi connectivity index (χ1v) is 2.65. The first-order valence-electron chi connectivity index (χ1n) is 2.65. The van der Waals surface area contributed by atoms with Crippen LogP contribution in [0.25, 0.3) is 0 Å². The van der Waals surface area contributed by atoms with E-state index >= 15 is 0 Å². The molecule has 9 heavy (non-hydrogen) atoms. The topological polar surface area (TPSA) is 58.9 Å². The molecule has 0 spiro atoms. The fourth-order valence-electron chi connectivity index (χ4n) is 0.492. The maximum absolute atomic E-state index is 8.42. The van der Waals surface area contributed by atoms with Gasteiger partial charge in [-0.1, -0.05) is 0 Å². The van der Waals surface area contributed by atoms with E-state index in [1.807, 2.05) is 0 Å². The highest BCUT2D eigenvalue weighted by atomic mass is 16.3. The van der Waals surface area contributed by atoms with Crippen molar-refractivity contribution >= 4 is 0 Å². The Morgan fingerprint density at radius 3 is 2.56 bits per heavy atom. The van der Waals surface area contributed by atoms with Gasteiger partial charge in [0.05, 0.1) is 6.61 Å². The van der Waals surface area contributed by atoms with Crippen molar-refractivity contribution in [3.63, 3.8) is 0 Å². The van der Waals surface area contributed by atoms with Crippen molar-refractivity contribution in [3.05, 3.63) is 18.5 Å². The number of hydrogen-bond donors (Lipinski definition) is 1. The molecule has 48 valence electrons. The van der Waals surface area contributed by atoms with Crippen LogP contribution in [0.5, 0.6) is 0 Å². The van der Waals surface area contributed by atoms with Gasteiger partial charge in [0.1, 0.15) is 18.5 Å². The molecule has 1 rings (SSSR count). The summed E-state index contributed by atoms with van der Waals surface area (Å²) in [6, 6.07) is 0. The van der Waals surface area contributed by atoms with Crippen LogP contribution in [0.15, 0.2) is 12.7 Å². The molecule has 0 radical (unpaired) electrons. The Morgan fingerprint density at radius 1 is 1.33 bits per heavy atom. The zero-order valence-electron chi connectivity index (χ0n) is 4.86. The van der Waals surface area contributed by atoms with E-state index in [1.54, 1.807) is 0 Å². The highest BCUT2D eigenvalue weighted by Gasteiger charge is 1.89. The van der Waals surface area contributed by atoms with E-state index in [2.05, 4.69) is 15.0 Å². The first-order chi connectivity index (χ1) is 4.43. The van der Waals surface area contributed by atoms with Gasteiger partial charge in [-0.2, -0.15) is 0 Å². The standard InChI is InChI=1S/C5H7N3O/c9-2-1-5-7-3-6-4-8-5/h3-4,9H,1-2H2. The van der Waals surface area contributed by atoms with E-state index in [1.165, 1.54) is 12.7 Å². The highest BCUT2D eigenvalue weighted by molar-refractivity contribution is 4.80. The molecule has 4 heteroatoms. The molecule has 4 nitrogen and oxygen atoms in total. The lowest BCUT2D eigenvalue weighted by Gasteiger charge is -1.90. The van der Waals surface area contributed by atoms with Crippen molar-refractivity contribution in [2.24, 2.45) is 0 Å². The zero-order chi connectivity index (χ0) is 6.53. The summed E-state index contributed by atoms with van der Waals surface area (Å²) in [4.78, 5) is 11.2. The molecule has 0 atom stereocenters. The number of aliphatic hydroxyl groups is 1. The minimum Gasteiger partial charge on any atom is -0.396 e. The highest BCUT2D eigenvalue weighted by Crippen LogP contribution is 1.83. The van der Waals surface area contributed by atoms with E-state index in [4.69, 9.17) is 5.11 Å². The number of nitrogens with zero attached hydrogens (tertiary/aromatic N) is 3. The molecular formula is C5H7N3O. The second kappa shape index (κ2) is 3.09. The zero-order valence-corrected chi connectivity index (χ0v) is 4.86. The van der Waals surface area contributed by atoms with Gasteiger partial charge in [0.15, 0.2) is 0 Å². The Labute approximate surface area is 52.6 Å². The van der Waals surface area contributed by atoms with Crippen molar-refractivity contribution in [1.82, 2.24) is 15.0 Å². The van der Waals surface area contributed by atoms with Gasteiger partial charge in [0, 0.05) is 6.42 Å². The number of hydrogen-bond acceptors (Lipinski definition) is 4. The number of aromatic nitrogens is 3. The predicted molar refractivity (Wildman–Crippen MR) is 30.6 cm³/mol. The predicted octanol–water partition coefficient (Wildman–Crippen LogP) is -0.594. The molecule has 0 aliphatic carbocycles. The molecule has 0 aliphatic rings. The van der Waals surface area contributed by atoms with Gasteiger partial charge in [0.2, 0.25) is 0 Å². The Balaban J connectivity index is 2.61. The van der Waals surface area contributed by atoms with Crippen LogP contribution in [-0.4, -0.2) is 26.7 Å². The van der Waals surface area contributed by atoms with E-state index in [9.17, 15) is 0 Å². The van der Waals surface area contributed by atoms with E-state index in [0.29, 0.717) is 12.2 Å². The summed E-state index contributed by atoms with van der Waals surface area (Å²) in [5, 5.41) is 8.42. The molecular weight excluding hydrogens is 118 g/mol. The lowest BCUT2D eigenvalue weighted by Crippen LogP contribution is -1.97. The molecule has 0 unspecified atom stereocenters. The molecule has 1 aromatic heterocycles. The van der Waals surface area contributed by atoms with Crippen molar-refractivity contribution in [2.75, 3.05) is 6.61 Å². The third kappa shape index (κ3) is 1.73. The van der Waals surface area contributed by atoms with E-state index in [-0.39, 0.29) is 6.61 Å². The van der Waals surface area contributed by atoms with Crippen LogP contribution in [0.3, 0.4) is 0 Å². The van der Waals surface area contributed by atoms with Crippen molar-refractivity contribution in [3.8, 4) is 0 Å². The van der Waals surface area contributed by atoms with Crippen LogP contribution in [0, 0.1) is 0 Å². The summed E-state index contributed by atoms with van der Waals surface area (Å²) in [5.74, 6) is 0.632. The Morgan fingerprint density at radius 2 is 2.00 bits per heavy atom. The number of aliphatic hydroxyl groups excluding tert-OH is 1. The van der Waals surface area contributed by atoms with Crippen LogP contribution in [-0.2, 0) is 6.42 Å². The molecule has 1 N–H and O–H groups in total. The Hall–Kier alpha value is -1.03. The molecule has 1 heterocycles. The van der Waals surface area contributed by atoms with Crippen molar-refractivity contribution < 1.29 is 5.11 Å². The van der Waals surface area contributed by atoms with E-state index in [0.717, 1.165) is 0 Å². The summed E-state index contributed by atoms with van der Waals surface area (Å²) in [6.45, 7) is 0.0873. The lowest BCUT2D eigenvalue weighted by atomic mass is 10.4. The normalized spacial score (nSPS) is 9.44. The first kappa shape index (κ1) is 6.10. The average Bonchev–Trinajstić information content (AvgIpc) is 1.91. The maximum Gasteiger partial charge on any atom is 0.134 e. The van der Waals surface area contributed by atoms with Gasteiger partial charge in [-0.25, -0.2) is 15.0 Å².